The molecule has 0 saturated heterocycles. The van der Waals surface area contributed by atoms with E-state index in [2.05, 4.69) is 10.6 Å². The molecule has 0 aliphatic carbocycles. The number of anilines is 2. The number of benzene rings is 3. The average molecular weight is 709 g/mol. The summed E-state index contributed by atoms with van der Waals surface area (Å²) >= 11 is 0. The van der Waals surface area contributed by atoms with Gasteiger partial charge in [-0.05, 0) is 66.6 Å². The van der Waals surface area contributed by atoms with Gasteiger partial charge < -0.3 is 34.7 Å². The number of amides is 1. The van der Waals surface area contributed by atoms with Crippen molar-refractivity contribution in [3.63, 3.8) is 0 Å². The van der Waals surface area contributed by atoms with Crippen molar-refractivity contribution in [1.29, 1.82) is 0 Å². The molecule has 0 atom stereocenters. The highest BCUT2D eigenvalue weighted by Gasteiger charge is 2.72. The molecule has 4 N–H and O–H groups in total. The first-order chi connectivity index (χ1) is 23.4. The van der Waals surface area contributed by atoms with Crippen molar-refractivity contribution >= 4 is 35.0 Å². The van der Waals surface area contributed by atoms with Gasteiger partial charge in [0.05, 0.1) is 41.4 Å². The van der Waals surface area contributed by atoms with E-state index in [1.807, 2.05) is 0 Å². The number of ether oxygens (including phenoxy) is 2. The fourth-order valence-electron chi connectivity index (χ4n) is 5.27. The van der Waals surface area contributed by atoms with Gasteiger partial charge in [-0.1, -0.05) is 12.1 Å². The second-order valence-electron chi connectivity index (χ2n) is 10.6. The quantitative estimate of drug-likeness (QED) is 0.0876. The van der Waals surface area contributed by atoms with Crippen LogP contribution < -0.4 is 20.1 Å². The fraction of sp³-hybridized carbons (Fsp3) is 0.212. The minimum absolute atomic E-state index is 0.0581. The molecule has 0 aliphatic rings. The molecule has 4 aromatic rings. The number of nitrogens with one attached hydrogen (secondary N) is 2. The second kappa shape index (κ2) is 13.9. The fourth-order valence-corrected chi connectivity index (χ4v) is 5.27. The van der Waals surface area contributed by atoms with Crippen LogP contribution in [0.25, 0.3) is 0 Å². The third-order valence-corrected chi connectivity index (χ3v) is 7.61. The predicted octanol–water partition coefficient (Wildman–Crippen LogP) is 7.17. The van der Waals surface area contributed by atoms with Gasteiger partial charge in [-0.3, -0.25) is 9.59 Å². The molecule has 264 valence electrons. The first-order valence-electron chi connectivity index (χ1n) is 14.1. The SMILES string of the molecule is CNc1cc(C(c2ccc(OCc3ccco3)c(NC(=O)c3cc(C(C)=O)c(C(=O)O)cc3C(=O)O)c2)(C(F)(F)F)C(F)(F)F)ccc1OC. The molecule has 17 heteroatoms. The van der Waals surface area contributed by atoms with Crippen LogP contribution in [0, 0.1) is 0 Å². The van der Waals surface area contributed by atoms with Crippen LogP contribution >= 0.6 is 0 Å². The predicted molar refractivity (Wildman–Crippen MR) is 163 cm³/mol. The van der Waals surface area contributed by atoms with Gasteiger partial charge >= 0.3 is 24.3 Å². The first-order valence-corrected chi connectivity index (χ1v) is 14.1. The molecule has 3 aromatic carbocycles. The Kier molecular flexibility index (Phi) is 10.2. The van der Waals surface area contributed by atoms with Crippen LogP contribution in [0.2, 0.25) is 0 Å². The zero-order valence-corrected chi connectivity index (χ0v) is 26.1. The minimum Gasteiger partial charge on any atom is -0.495 e. The van der Waals surface area contributed by atoms with Crippen LogP contribution in [-0.4, -0.2) is 60.4 Å². The van der Waals surface area contributed by atoms with E-state index in [0.717, 1.165) is 26.2 Å². The Morgan fingerprint density at radius 2 is 1.30 bits per heavy atom. The normalized spacial score (nSPS) is 11.9. The summed E-state index contributed by atoms with van der Waals surface area (Å²) in [6, 6.07) is 7.84. The maximum absolute atomic E-state index is 15.1. The summed E-state index contributed by atoms with van der Waals surface area (Å²) in [4.78, 5) is 49.5. The van der Waals surface area contributed by atoms with Gasteiger partial charge in [0.25, 0.3) is 5.91 Å². The van der Waals surface area contributed by atoms with Crippen LogP contribution in [0.5, 0.6) is 11.5 Å². The number of hydrogen-bond acceptors (Lipinski definition) is 8. The molecule has 50 heavy (non-hydrogen) atoms. The third kappa shape index (κ3) is 6.79. The number of Topliss-reactive ketones (excluding diaryl/α,β-unsaturated/α-hetero) is 1. The molecule has 0 radical (unpaired) electrons. The van der Waals surface area contributed by atoms with Gasteiger partial charge in [-0.2, -0.15) is 26.3 Å². The third-order valence-electron chi connectivity index (χ3n) is 7.61. The van der Waals surface area contributed by atoms with Crippen LogP contribution in [-0.2, 0) is 12.0 Å². The monoisotopic (exact) mass is 708 g/mol. The Morgan fingerprint density at radius 1 is 0.760 bits per heavy atom. The van der Waals surface area contributed by atoms with Crippen molar-refractivity contribution in [2.75, 3.05) is 24.8 Å². The van der Waals surface area contributed by atoms with Gasteiger partial charge in [0.15, 0.2) is 5.78 Å². The molecular formula is C33H26F6N2O9. The molecule has 4 rings (SSSR count). The molecule has 0 spiro atoms. The Bertz CT molecular complexity index is 1940. The maximum Gasteiger partial charge on any atom is 0.411 e. The molecular weight excluding hydrogens is 682 g/mol. The largest absolute Gasteiger partial charge is 0.495 e. The summed E-state index contributed by atoms with van der Waals surface area (Å²) in [5, 5.41) is 23.8. The van der Waals surface area contributed by atoms with Crippen LogP contribution in [0.1, 0.15) is 65.2 Å². The van der Waals surface area contributed by atoms with Crippen molar-refractivity contribution in [2.45, 2.75) is 31.3 Å². The Labute approximate surface area is 278 Å². The number of hydrogen-bond donors (Lipinski definition) is 4. The van der Waals surface area contributed by atoms with E-state index in [4.69, 9.17) is 13.9 Å². The number of carbonyl (C=O) groups excluding carboxylic acids is 2. The van der Waals surface area contributed by atoms with Gasteiger partial charge in [0.2, 0.25) is 5.41 Å². The van der Waals surface area contributed by atoms with Crippen LogP contribution in [0.3, 0.4) is 0 Å². The summed E-state index contributed by atoms with van der Waals surface area (Å²) in [6.07, 6.45) is -10.8. The minimum atomic E-state index is -6.05. The number of halogens is 6. The number of carbonyl (C=O) groups is 4. The number of rotatable bonds is 12. The molecule has 1 aromatic heterocycles. The van der Waals surface area contributed by atoms with Crippen molar-refractivity contribution < 1.29 is 69.6 Å². The summed E-state index contributed by atoms with van der Waals surface area (Å²) in [7, 11) is 2.42. The summed E-state index contributed by atoms with van der Waals surface area (Å²) in [5.41, 5.74) is -11.5. The first kappa shape index (κ1) is 36.8. The van der Waals surface area contributed by atoms with Gasteiger partial charge in [0, 0.05) is 12.6 Å². The number of methoxy groups -OCH3 is 1. The van der Waals surface area contributed by atoms with Gasteiger partial charge in [-0.25, -0.2) is 9.59 Å². The van der Waals surface area contributed by atoms with E-state index in [1.165, 1.54) is 25.4 Å². The standard InChI is InChI=1S/C33H26F6N2O9/c1-16(42)20-13-21(23(30(46)47)14-22(20)29(44)45)28(43)41-25-12-18(7-9-27(25)50-15-19-5-4-10-49-19)31(32(34,35)36,33(37,38)39)17-6-8-26(48-3)24(11-17)40-2/h4-14,40H,15H2,1-3H3,(H,41,43)(H,44,45)(H,46,47). The van der Waals surface area contributed by atoms with Crippen LogP contribution in [0.15, 0.2) is 71.3 Å². The number of carboxylic acids is 2. The lowest BCUT2D eigenvalue weighted by atomic mass is 9.72. The van der Waals surface area contributed by atoms with E-state index in [-0.39, 0.29) is 17.2 Å². The molecule has 0 saturated carbocycles. The Balaban J connectivity index is 1.99. The number of ketones is 1. The second-order valence-corrected chi connectivity index (χ2v) is 10.6. The van der Waals surface area contributed by atoms with E-state index in [1.54, 1.807) is 0 Å². The van der Waals surface area contributed by atoms with E-state index in [9.17, 15) is 29.4 Å². The topological polar surface area (TPSA) is 164 Å². The van der Waals surface area contributed by atoms with Gasteiger partial charge in [-0.15, -0.1) is 0 Å². The summed E-state index contributed by atoms with van der Waals surface area (Å²) in [5.74, 6) is -6.21. The maximum atomic E-state index is 15.1. The van der Waals surface area contributed by atoms with E-state index < -0.39 is 92.8 Å². The van der Waals surface area contributed by atoms with Gasteiger partial charge in [0.1, 0.15) is 23.9 Å². The van der Waals surface area contributed by atoms with E-state index >= 15 is 26.3 Å². The highest BCUT2D eigenvalue weighted by Crippen LogP contribution is 2.57. The zero-order chi connectivity index (χ0) is 37.2. The number of aromatic carboxylic acids is 2. The lowest BCUT2D eigenvalue weighted by molar-refractivity contribution is -0.288. The number of furan rings is 1. The average Bonchev–Trinajstić information content (AvgIpc) is 3.56. The highest BCUT2D eigenvalue weighted by atomic mass is 19.4. The van der Waals surface area contributed by atoms with E-state index in [0.29, 0.717) is 36.4 Å². The lowest BCUT2D eigenvalue weighted by Gasteiger charge is -2.39. The summed E-state index contributed by atoms with van der Waals surface area (Å²) in [6.45, 7) is 0.519. The molecule has 11 nitrogen and oxygen atoms in total. The Hall–Kier alpha value is -6.00. The molecule has 0 unspecified atom stereocenters. The van der Waals surface area contributed by atoms with Crippen LogP contribution in [0.4, 0.5) is 37.7 Å². The molecule has 1 heterocycles. The van der Waals surface area contributed by atoms with Crippen molar-refractivity contribution in [2.24, 2.45) is 0 Å². The molecule has 0 bridgehead atoms. The van der Waals surface area contributed by atoms with Crippen molar-refractivity contribution in [1.82, 2.24) is 0 Å². The number of carboxylic acid groups (broad SMARTS) is 2. The smallest absolute Gasteiger partial charge is 0.411 e. The van der Waals surface area contributed by atoms with Crippen molar-refractivity contribution in [3.05, 3.63) is 106 Å². The lowest BCUT2D eigenvalue weighted by Crippen LogP contribution is -2.54. The molecule has 0 aliphatic heterocycles. The Morgan fingerprint density at radius 3 is 1.78 bits per heavy atom. The number of alkyl halides is 6. The van der Waals surface area contributed by atoms with Crippen molar-refractivity contribution in [3.8, 4) is 11.5 Å². The molecule has 0 fully saturated rings. The summed E-state index contributed by atoms with van der Waals surface area (Å²) < 4.78 is 106. The highest BCUT2D eigenvalue weighted by molar-refractivity contribution is 6.15. The molecule has 1 amide bonds. The zero-order valence-electron chi connectivity index (χ0n) is 26.1.